The van der Waals surface area contributed by atoms with Gasteiger partial charge in [0.05, 0.1) is 17.1 Å². The van der Waals surface area contributed by atoms with Crippen molar-refractivity contribution >= 4 is 17.9 Å². The smallest absolute Gasteiger partial charge is 0.321 e. The van der Waals surface area contributed by atoms with Crippen LogP contribution in [0.25, 0.3) is 0 Å². The van der Waals surface area contributed by atoms with Crippen molar-refractivity contribution in [3.63, 3.8) is 0 Å². The van der Waals surface area contributed by atoms with Gasteiger partial charge in [-0.15, -0.1) is 0 Å². The van der Waals surface area contributed by atoms with Gasteiger partial charge in [0.25, 0.3) is 0 Å². The molecule has 0 aromatic heterocycles. The average Bonchev–Trinajstić information content (AvgIpc) is 2.73. The van der Waals surface area contributed by atoms with Crippen molar-refractivity contribution in [3.8, 4) is 5.75 Å². The number of para-hydroxylation sites is 1. The number of ether oxygens (including phenoxy) is 1. The number of nitrogens with zero attached hydrogens (tertiary/aromatic N) is 2. The van der Waals surface area contributed by atoms with Gasteiger partial charge >= 0.3 is 5.69 Å². The first-order chi connectivity index (χ1) is 14.5. The van der Waals surface area contributed by atoms with E-state index in [1.807, 2.05) is 0 Å². The molecule has 0 heterocycles. The number of carbonyl (C=O) groups is 2. The van der Waals surface area contributed by atoms with Crippen LogP contribution < -0.4 is 4.74 Å². The Morgan fingerprint density at radius 1 is 1.27 bits per heavy atom. The van der Waals surface area contributed by atoms with E-state index in [9.17, 15) is 24.8 Å². The summed E-state index contributed by atoms with van der Waals surface area (Å²) < 4.78 is 5.51. The summed E-state index contributed by atoms with van der Waals surface area (Å²) in [5.41, 5.74) is -0.310. The lowest BCUT2D eigenvalue weighted by atomic mass is 9.93. The fourth-order valence-corrected chi connectivity index (χ4v) is 4.07. The fourth-order valence-electron chi connectivity index (χ4n) is 4.07. The average molecular weight is 421 g/mol. The molecule has 1 aliphatic rings. The maximum atomic E-state index is 12.6. The molecule has 1 fully saturated rings. The molecule has 1 N–H and O–H groups in total. The molecule has 0 saturated heterocycles. The van der Waals surface area contributed by atoms with Gasteiger partial charge in [-0.3, -0.25) is 19.7 Å². The topological polar surface area (TPSA) is 110 Å². The predicted octanol–water partition coefficient (Wildman–Crippen LogP) is 4.24. The van der Waals surface area contributed by atoms with Crippen molar-refractivity contribution in [2.45, 2.75) is 83.4 Å². The highest BCUT2D eigenvalue weighted by atomic mass is 16.6. The minimum absolute atomic E-state index is 0.00311. The molecule has 1 aromatic rings. The van der Waals surface area contributed by atoms with Crippen LogP contribution in [-0.2, 0) is 4.79 Å². The number of nitro groups is 1. The summed E-state index contributed by atoms with van der Waals surface area (Å²) in [6, 6.07) is 4.58. The summed E-state index contributed by atoms with van der Waals surface area (Å²) in [6.45, 7) is 1.96. The third kappa shape index (κ3) is 6.79. The number of aliphatic hydroxyl groups excluding tert-OH is 1. The molecule has 8 heteroatoms. The van der Waals surface area contributed by atoms with Crippen LogP contribution in [0.5, 0.6) is 5.75 Å². The Balaban J connectivity index is 1.70. The summed E-state index contributed by atoms with van der Waals surface area (Å²) in [5.74, 6) is 0.106. The highest BCUT2D eigenvalue weighted by molar-refractivity contribution is 5.83. The normalized spacial score (nSPS) is 15.4. The summed E-state index contributed by atoms with van der Waals surface area (Å²) in [6.07, 6.45) is 8.53. The van der Waals surface area contributed by atoms with Gasteiger partial charge in [-0.25, -0.2) is 0 Å². The van der Waals surface area contributed by atoms with Crippen LogP contribution in [0.15, 0.2) is 18.2 Å². The van der Waals surface area contributed by atoms with Crippen molar-refractivity contribution in [1.82, 2.24) is 4.90 Å². The molecule has 1 atom stereocenters. The third-order valence-corrected chi connectivity index (χ3v) is 5.54. The Morgan fingerprint density at radius 2 is 1.97 bits per heavy atom. The van der Waals surface area contributed by atoms with E-state index in [0.717, 1.165) is 44.9 Å². The Kier molecular flexibility index (Phi) is 9.73. The van der Waals surface area contributed by atoms with Gasteiger partial charge < -0.3 is 14.7 Å². The first-order valence-corrected chi connectivity index (χ1v) is 10.8. The number of carbonyl (C=O) groups excluding carboxylic acids is 2. The van der Waals surface area contributed by atoms with E-state index in [2.05, 4.69) is 0 Å². The summed E-state index contributed by atoms with van der Waals surface area (Å²) >= 11 is 0. The third-order valence-electron chi connectivity index (χ3n) is 5.54. The van der Waals surface area contributed by atoms with Gasteiger partial charge in [0.1, 0.15) is 6.23 Å². The van der Waals surface area contributed by atoms with Gasteiger partial charge in [0, 0.05) is 12.5 Å². The zero-order chi connectivity index (χ0) is 21.9. The number of amides is 1. The van der Waals surface area contributed by atoms with E-state index in [4.69, 9.17) is 4.74 Å². The standard InChI is InChI=1S/C22H32N2O6/c1-17(26)23(19-11-5-4-6-12-19)21(27)14-7-2-3-8-15-30-20-13-9-10-18(16-25)22(20)24(28)29/h9-10,13,16-17,19,26H,2-8,11-12,14-15H2,1H3. The van der Waals surface area contributed by atoms with Crippen molar-refractivity contribution < 1.29 is 24.4 Å². The second-order valence-corrected chi connectivity index (χ2v) is 7.81. The van der Waals surface area contributed by atoms with Gasteiger partial charge in [-0.2, -0.15) is 0 Å². The van der Waals surface area contributed by atoms with Crippen LogP contribution in [0.1, 0.15) is 81.5 Å². The number of aldehydes is 1. The maximum Gasteiger partial charge on any atom is 0.321 e. The molecule has 2 rings (SSSR count). The lowest BCUT2D eigenvalue weighted by Gasteiger charge is -2.36. The number of hydrogen-bond acceptors (Lipinski definition) is 6. The minimum Gasteiger partial charge on any atom is -0.487 e. The summed E-state index contributed by atoms with van der Waals surface area (Å²) in [5, 5.41) is 21.2. The Hall–Kier alpha value is -2.48. The molecular weight excluding hydrogens is 388 g/mol. The molecule has 0 spiro atoms. The van der Waals surface area contributed by atoms with E-state index in [0.29, 0.717) is 25.7 Å². The molecule has 1 saturated carbocycles. The van der Waals surface area contributed by atoms with E-state index in [1.54, 1.807) is 17.9 Å². The number of rotatable bonds is 12. The van der Waals surface area contributed by atoms with Crippen LogP contribution >= 0.6 is 0 Å². The largest absolute Gasteiger partial charge is 0.487 e. The van der Waals surface area contributed by atoms with Crippen LogP contribution in [0, 0.1) is 10.1 Å². The Morgan fingerprint density at radius 3 is 2.60 bits per heavy atom. The van der Waals surface area contributed by atoms with E-state index >= 15 is 0 Å². The molecular formula is C22H32N2O6. The Labute approximate surface area is 177 Å². The van der Waals surface area contributed by atoms with Gasteiger partial charge in [0.15, 0.2) is 12.0 Å². The van der Waals surface area contributed by atoms with E-state index in [-0.39, 0.29) is 28.9 Å². The number of unbranched alkanes of at least 4 members (excludes halogenated alkanes) is 3. The SMILES string of the molecule is CC(O)N(C(=O)CCCCCCOc1cccc(C=O)c1[N+](=O)[O-])C1CCCCC1. The first kappa shape index (κ1) is 23.8. The van der Waals surface area contributed by atoms with Crippen LogP contribution in [0.2, 0.25) is 0 Å². The second kappa shape index (κ2) is 12.3. The highest BCUT2D eigenvalue weighted by Crippen LogP contribution is 2.30. The summed E-state index contributed by atoms with van der Waals surface area (Å²) in [4.78, 5) is 35.8. The number of benzene rings is 1. The van der Waals surface area contributed by atoms with Gasteiger partial charge in [0.2, 0.25) is 5.91 Å². The second-order valence-electron chi connectivity index (χ2n) is 7.81. The molecule has 1 unspecified atom stereocenters. The molecule has 1 amide bonds. The molecule has 30 heavy (non-hydrogen) atoms. The van der Waals surface area contributed by atoms with Crippen LogP contribution in [0.3, 0.4) is 0 Å². The minimum atomic E-state index is -0.757. The Bertz CT molecular complexity index is 716. The molecule has 1 aliphatic carbocycles. The molecule has 166 valence electrons. The van der Waals surface area contributed by atoms with Gasteiger partial charge in [-0.1, -0.05) is 38.2 Å². The van der Waals surface area contributed by atoms with E-state index in [1.165, 1.54) is 18.6 Å². The molecule has 0 radical (unpaired) electrons. The van der Waals surface area contributed by atoms with Crippen LogP contribution in [0.4, 0.5) is 5.69 Å². The van der Waals surface area contributed by atoms with Crippen molar-refractivity contribution in [2.24, 2.45) is 0 Å². The summed E-state index contributed by atoms with van der Waals surface area (Å²) in [7, 11) is 0. The van der Waals surface area contributed by atoms with Crippen LogP contribution in [-0.4, -0.2) is 46.0 Å². The molecule has 8 nitrogen and oxygen atoms in total. The van der Waals surface area contributed by atoms with E-state index < -0.39 is 11.2 Å². The lowest BCUT2D eigenvalue weighted by molar-refractivity contribution is -0.386. The fraction of sp³-hybridized carbons (Fsp3) is 0.636. The lowest BCUT2D eigenvalue weighted by Crippen LogP contribution is -2.46. The molecule has 1 aromatic carbocycles. The molecule has 0 aliphatic heterocycles. The monoisotopic (exact) mass is 420 g/mol. The quantitative estimate of drug-likeness (QED) is 0.178. The predicted molar refractivity (Wildman–Crippen MR) is 112 cm³/mol. The first-order valence-electron chi connectivity index (χ1n) is 10.8. The van der Waals surface area contributed by atoms with Crippen molar-refractivity contribution in [3.05, 3.63) is 33.9 Å². The van der Waals surface area contributed by atoms with Crippen molar-refractivity contribution in [2.75, 3.05) is 6.61 Å². The number of aliphatic hydroxyl groups is 1. The number of nitro benzene ring substituents is 1. The highest BCUT2D eigenvalue weighted by Gasteiger charge is 2.28. The zero-order valence-corrected chi connectivity index (χ0v) is 17.6. The van der Waals surface area contributed by atoms with Crippen molar-refractivity contribution in [1.29, 1.82) is 0 Å². The maximum absolute atomic E-state index is 12.6. The molecule has 0 bridgehead atoms. The number of hydrogen-bond donors (Lipinski definition) is 1. The zero-order valence-electron chi connectivity index (χ0n) is 17.6. The van der Waals surface area contributed by atoms with Gasteiger partial charge in [-0.05, 0) is 44.7 Å².